The molecular weight excluding hydrogens is 361 g/mol. The van der Waals surface area contributed by atoms with E-state index < -0.39 is 0 Å². The quantitative estimate of drug-likeness (QED) is 0.566. The second-order valence-corrected chi connectivity index (χ2v) is 8.57. The molecule has 0 spiro atoms. The molecule has 107 valence electrons. The van der Waals surface area contributed by atoms with Gasteiger partial charge in [0.1, 0.15) is 0 Å². The van der Waals surface area contributed by atoms with Gasteiger partial charge >= 0.3 is 141 Å². The van der Waals surface area contributed by atoms with E-state index in [-0.39, 0.29) is 0 Å². The summed E-state index contributed by atoms with van der Waals surface area (Å²) >= 11 is 8.65. The molecule has 0 aliphatic rings. The summed E-state index contributed by atoms with van der Waals surface area (Å²) in [6.07, 6.45) is 3.24. The number of nitrogens with one attached hydrogen (secondary N) is 1. The zero-order chi connectivity index (χ0) is 14.7. The molecule has 0 fully saturated rings. The third-order valence-corrected chi connectivity index (χ3v) is 6.30. The van der Waals surface area contributed by atoms with E-state index in [0.717, 1.165) is 15.9 Å². The van der Waals surface area contributed by atoms with E-state index in [1.54, 1.807) is 0 Å². The van der Waals surface area contributed by atoms with Crippen molar-refractivity contribution in [2.75, 3.05) is 0 Å². The molecule has 4 heteroatoms. The van der Waals surface area contributed by atoms with Gasteiger partial charge in [-0.3, -0.25) is 0 Å². The number of H-pyrrole nitrogens is 1. The number of aromatic amines is 1. The predicted octanol–water partition coefficient (Wildman–Crippen LogP) is 5.69. The number of benzene rings is 2. The average molecular weight is 377 g/mol. The monoisotopic (exact) mass is 376 g/mol. The standard InChI is InChI=1S/C17H16AsClNS/c1-18-10-9-12-5-2-3-8-15(12)21-16-11-20-14-7-4-6-13(19)17(14)16/h2-8,11,20H,9-10H2,1H3. The Morgan fingerprint density at radius 2 is 1.95 bits per heavy atom. The Morgan fingerprint density at radius 3 is 2.81 bits per heavy atom. The van der Waals surface area contributed by atoms with Crippen LogP contribution >= 0.6 is 23.4 Å². The molecule has 2 aromatic carbocycles. The van der Waals surface area contributed by atoms with Crippen LogP contribution < -0.4 is 0 Å². The van der Waals surface area contributed by atoms with Crippen LogP contribution in [-0.4, -0.2) is 20.7 Å². The fourth-order valence-corrected chi connectivity index (χ4v) is 4.78. The van der Waals surface area contributed by atoms with Crippen LogP contribution in [0.25, 0.3) is 10.9 Å². The molecule has 1 nitrogen and oxygen atoms in total. The van der Waals surface area contributed by atoms with E-state index in [2.05, 4.69) is 47.2 Å². The molecule has 1 N–H and O–H groups in total. The molecule has 1 aromatic heterocycles. The first kappa shape index (κ1) is 15.1. The van der Waals surface area contributed by atoms with Crippen molar-refractivity contribution in [1.82, 2.24) is 4.98 Å². The Bertz CT molecular complexity index is 753. The van der Waals surface area contributed by atoms with Crippen molar-refractivity contribution in [2.45, 2.75) is 27.1 Å². The van der Waals surface area contributed by atoms with Gasteiger partial charge in [0.2, 0.25) is 0 Å². The molecule has 21 heavy (non-hydrogen) atoms. The van der Waals surface area contributed by atoms with Crippen LogP contribution in [0.15, 0.2) is 58.5 Å². The number of aromatic nitrogens is 1. The van der Waals surface area contributed by atoms with E-state index in [0.29, 0.717) is 15.8 Å². The summed E-state index contributed by atoms with van der Waals surface area (Å²) in [5.74, 6) is 0. The fraction of sp³-hybridized carbons (Fsp3) is 0.176. The van der Waals surface area contributed by atoms with Gasteiger partial charge in [-0.2, -0.15) is 0 Å². The molecule has 0 bridgehead atoms. The van der Waals surface area contributed by atoms with Crippen LogP contribution in [0.5, 0.6) is 0 Å². The predicted molar refractivity (Wildman–Crippen MR) is 94.0 cm³/mol. The summed E-state index contributed by atoms with van der Waals surface area (Å²) in [6.45, 7) is 0. The zero-order valence-electron chi connectivity index (χ0n) is 11.8. The van der Waals surface area contributed by atoms with Crippen LogP contribution in [0.3, 0.4) is 0 Å². The second-order valence-electron chi connectivity index (χ2n) is 4.81. The van der Waals surface area contributed by atoms with Crippen LogP contribution in [0.2, 0.25) is 15.9 Å². The van der Waals surface area contributed by atoms with Gasteiger partial charge in [-0.25, -0.2) is 0 Å². The summed E-state index contributed by atoms with van der Waals surface area (Å²) in [5, 5.41) is 3.26. The first-order valence-electron chi connectivity index (χ1n) is 6.86. The van der Waals surface area contributed by atoms with Gasteiger partial charge in [0.05, 0.1) is 0 Å². The minimum atomic E-state index is 0.476. The molecule has 0 saturated carbocycles. The molecule has 0 aliphatic carbocycles. The molecule has 1 radical (unpaired) electrons. The molecule has 3 rings (SSSR count). The van der Waals surface area contributed by atoms with Gasteiger partial charge in [-0.05, 0) is 0 Å². The number of fused-ring (bicyclic) bond motifs is 1. The van der Waals surface area contributed by atoms with Crippen LogP contribution in [0, 0.1) is 0 Å². The summed E-state index contributed by atoms with van der Waals surface area (Å²) < 4.78 is 0. The molecular formula is C17H16AsClNS. The normalized spacial score (nSPS) is 11.7. The molecule has 1 heterocycles. The van der Waals surface area contributed by atoms with Gasteiger partial charge in [0.15, 0.2) is 0 Å². The average Bonchev–Trinajstić information content (AvgIpc) is 2.91. The van der Waals surface area contributed by atoms with Crippen LogP contribution in [-0.2, 0) is 6.42 Å². The van der Waals surface area contributed by atoms with Gasteiger partial charge in [0.25, 0.3) is 0 Å². The van der Waals surface area contributed by atoms with Gasteiger partial charge < -0.3 is 0 Å². The van der Waals surface area contributed by atoms with E-state index in [9.17, 15) is 0 Å². The van der Waals surface area contributed by atoms with Crippen molar-refractivity contribution < 1.29 is 0 Å². The number of halogens is 1. The minimum absolute atomic E-state index is 0.476. The maximum atomic E-state index is 6.36. The van der Waals surface area contributed by atoms with Crippen molar-refractivity contribution in [3.8, 4) is 0 Å². The van der Waals surface area contributed by atoms with Crippen LogP contribution in [0.4, 0.5) is 0 Å². The van der Waals surface area contributed by atoms with Crippen molar-refractivity contribution in [2.24, 2.45) is 0 Å². The van der Waals surface area contributed by atoms with Crippen molar-refractivity contribution in [3.63, 3.8) is 0 Å². The van der Waals surface area contributed by atoms with Gasteiger partial charge in [-0.1, -0.05) is 0 Å². The Hall–Kier alpha value is -0.822. The number of hydrogen-bond donors (Lipinski definition) is 1. The molecule has 0 atom stereocenters. The molecule has 3 aromatic rings. The number of hydrogen-bond acceptors (Lipinski definition) is 1. The van der Waals surface area contributed by atoms with Crippen molar-refractivity contribution >= 4 is 50.0 Å². The van der Waals surface area contributed by atoms with E-state index >= 15 is 0 Å². The summed E-state index contributed by atoms with van der Waals surface area (Å²) in [4.78, 5) is 5.85. The first-order valence-corrected chi connectivity index (χ1v) is 11.3. The summed E-state index contributed by atoms with van der Waals surface area (Å²) in [6, 6.07) is 14.7. The zero-order valence-corrected chi connectivity index (χ0v) is 15.2. The van der Waals surface area contributed by atoms with Crippen molar-refractivity contribution in [3.05, 3.63) is 59.2 Å². The number of rotatable bonds is 5. The Kier molecular flexibility index (Phi) is 5.00. The SMILES string of the molecule is C[As]CCc1ccccc1Sc1c[nH]c2cccc(Cl)c12. The van der Waals surface area contributed by atoms with Gasteiger partial charge in [-0.15, -0.1) is 0 Å². The third kappa shape index (κ3) is 3.34. The second kappa shape index (κ2) is 6.96. The molecule has 0 unspecified atom stereocenters. The molecule has 0 amide bonds. The Morgan fingerprint density at radius 1 is 1.10 bits per heavy atom. The van der Waals surface area contributed by atoms with Gasteiger partial charge in [0, 0.05) is 0 Å². The maximum absolute atomic E-state index is 6.36. The molecule has 0 saturated heterocycles. The third-order valence-electron chi connectivity index (χ3n) is 3.42. The summed E-state index contributed by atoms with van der Waals surface area (Å²) in [7, 11) is 0. The van der Waals surface area contributed by atoms with Crippen molar-refractivity contribution in [1.29, 1.82) is 0 Å². The first-order chi connectivity index (χ1) is 10.3. The topological polar surface area (TPSA) is 15.8 Å². The number of aryl methyl sites for hydroxylation is 1. The summed E-state index contributed by atoms with van der Waals surface area (Å²) in [5.41, 5.74) is 4.87. The molecule has 0 aliphatic heterocycles. The van der Waals surface area contributed by atoms with E-state index in [4.69, 9.17) is 11.6 Å². The fourth-order valence-electron chi connectivity index (χ4n) is 2.35. The van der Waals surface area contributed by atoms with Crippen LogP contribution in [0.1, 0.15) is 5.56 Å². The Balaban J connectivity index is 1.95. The van der Waals surface area contributed by atoms with E-state index in [1.807, 2.05) is 23.9 Å². The van der Waals surface area contributed by atoms with E-state index in [1.165, 1.54) is 27.0 Å². The Labute approximate surface area is 141 Å².